The fraction of sp³-hybridized carbons (Fsp3) is 1.00. The number of hydrogen-bond acceptors (Lipinski definition) is 6. The number of aliphatic hydroxyl groups is 1. The Labute approximate surface area is 112 Å². The molecule has 0 aliphatic carbocycles. The van der Waals surface area contributed by atoms with Crippen molar-refractivity contribution in [2.45, 2.75) is 69.8 Å². The number of fused-ring (bicyclic) bond motifs is 1. The Morgan fingerprint density at radius 2 is 1.63 bits per heavy atom. The van der Waals surface area contributed by atoms with Gasteiger partial charge in [0.1, 0.15) is 30.5 Å². The van der Waals surface area contributed by atoms with Crippen LogP contribution in [0.25, 0.3) is 0 Å². The average molecular weight is 274 g/mol. The molecule has 3 rings (SSSR count). The Hall–Kier alpha value is -0.240. The van der Waals surface area contributed by atoms with Crippen molar-refractivity contribution in [3.8, 4) is 0 Å². The van der Waals surface area contributed by atoms with E-state index >= 15 is 0 Å². The molecule has 0 bridgehead atoms. The highest BCUT2D eigenvalue weighted by Crippen LogP contribution is 2.41. The number of ether oxygens (including phenoxy) is 5. The molecular formula is C13H22O6. The van der Waals surface area contributed by atoms with Crippen molar-refractivity contribution in [2.24, 2.45) is 0 Å². The molecule has 0 saturated carbocycles. The van der Waals surface area contributed by atoms with Gasteiger partial charge in [-0.3, -0.25) is 0 Å². The van der Waals surface area contributed by atoms with Crippen molar-refractivity contribution >= 4 is 0 Å². The van der Waals surface area contributed by atoms with Gasteiger partial charge in [-0.25, -0.2) is 0 Å². The third kappa shape index (κ3) is 2.41. The summed E-state index contributed by atoms with van der Waals surface area (Å²) in [6.07, 6.45) is -1.32. The summed E-state index contributed by atoms with van der Waals surface area (Å²) in [5, 5.41) is 9.41. The van der Waals surface area contributed by atoms with Gasteiger partial charge in [-0.15, -0.1) is 0 Å². The molecule has 19 heavy (non-hydrogen) atoms. The van der Waals surface area contributed by atoms with Gasteiger partial charge >= 0.3 is 0 Å². The van der Waals surface area contributed by atoms with E-state index in [0.717, 1.165) is 0 Å². The van der Waals surface area contributed by atoms with Crippen LogP contribution in [0.1, 0.15) is 27.7 Å². The van der Waals surface area contributed by atoms with Gasteiger partial charge in [0.15, 0.2) is 11.6 Å². The maximum atomic E-state index is 9.41. The standard InChI is InChI=1S/C13H22O6/c1-12(2)15-6-8(17-12)9-11-10(7(5-14)16-9)18-13(3,4)19-11/h7-11,14H,5-6H2,1-4H3. The molecule has 110 valence electrons. The minimum Gasteiger partial charge on any atom is -0.394 e. The number of hydrogen-bond donors (Lipinski definition) is 1. The van der Waals surface area contributed by atoms with Gasteiger partial charge in [0.25, 0.3) is 0 Å². The van der Waals surface area contributed by atoms with Crippen LogP contribution in [-0.4, -0.2) is 60.4 Å². The second-order valence-electron chi connectivity index (χ2n) is 6.25. The molecule has 1 N–H and O–H groups in total. The van der Waals surface area contributed by atoms with E-state index in [1.165, 1.54) is 0 Å². The van der Waals surface area contributed by atoms with Crippen molar-refractivity contribution in [3.05, 3.63) is 0 Å². The maximum Gasteiger partial charge on any atom is 0.164 e. The SMILES string of the molecule is CC1(C)OCC(C2OC(CO)C3OC(C)(C)OC23)O1. The summed E-state index contributed by atoms with van der Waals surface area (Å²) in [5.41, 5.74) is 0. The molecule has 0 amide bonds. The first-order valence-electron chi connectivity index (χ1n) is 6.75. The quantitative estimate of drug-likeness (QED) is 0.787. The molecule has 6 nitrogen and oxygen atoms in total. The first-order valence-corrected chi connectivity index (χ1v) is 6.75. The summed E-state index contributed by atoms with van der Waals surface area (Å²) in [6.45, 7) is 7.86. The molecule has 3 aliphatic heterocycles. The van der Waals surface area contributed by atoms with Crippen molar-refractivity contribution in [3.63, 3.8) is 0 Å². The van der Waals surface area contributed by atoms with E-state index in [1.54, 1.807) is 0 Å². The number of rotatable bonds is 2. The summed E-state index contributed by atoms with van der Waals surface area (Å²) in [7, 11) is 0. The molecule has 3 saturated heterocycles. The van der Waals surface area contributed by atoms with E-state index in [9.17, 15) is 5.11 Å². The predicted molar refractivity (Wildman–Crippen MR) is 64.5 cm³/mol. The number of aliphatic hydroxyl groups excluding tert-OH is 1. The highest BCUT2D eigenvalue weighted by Gasteiger charge is 2.58. The largest absolute Gasteiger partial charge is 0.394 e. The monoisotopic (exact) mass is 274 g/mol. The molecule has 0 spiro atoms. The molecule has 3 aliphatic rings. The van der Waals surface area contributed by atoms with Gasteiger partial charge in [0, 0.05) is 0 Å². The molecule has 0 aromatic carbocycles. The van der Waals surface area contributed by atoms with Crippen LogP contribution < -0.4 is 0 Å². The fourth-order valence-electron chi connectivity index (χ4n) is 3.04. The Morgan fingerprint density at radius 1 is 0.947 bits per heavy atom. The highest BCUT2D eigenvalue weighted by atomic mass is 16.8. The Morgan fingerprint density at radius 3 is 2.21 bits per heavy atom. The van der Waals surface area contributed by atoms with Crippen LogP contribution in [0.2, 0.25) is 0 Å². The summed E-state index contributed by atoms with van der Waals surface area (Å²) >= 11 is 0. The Balaban J connectivity index is 1.76. The fourth-order valence-corrected chi connectivity index (χ4v) is 3.04. The van der Waals surface area contributed by atoms with Crippen molar-refractivity contribution in [2.75, 3.05) is 13.2 Å². The van der Waals surface area contributed by atoms with Gasteiger partial charge < -0.3 is 28.8 Å². The lowest BCUT2D eigenvalue weighted by Gasteiger charge is -2.26. The van der Waals surface area contributed by atoms with Crippen molar-refractivity contribution < 1.29 is 28.8 Å². The topological polar surface area (TPSA) is 66.4 Å². The van der Waals surface area contributed by atoms with Crippen LogP contribution in [0, 0.1) is 0 Å². The summed E-state index contributed by atoms with van der Waals surface area (Å²) in [5.74, 6) is -1.25. The van der Waals surface area contributed by atoms with E-state index < -0.39 is 11.6 Å². The lowest BCUT2D eigenvalue weighted by atomic mass is 10.0. The molecule has 6 heteroatoms. The molecule has 0 radical (unpaired) electrons. The van der Waals surface area contributed by atoms with Crippen LogP contribution in [0.5, 0.6) is 0 Å². The van der Waals surface area contributed by atoms with Crippen molar-refractivity contribution in [1.82, 2.24) is 0 Å². The second-order valence-corrected chi connectivity index (χ2v) is 6.25. The third-order valence-electron chi connectivity index (χ3n) is 3.76. The van der Waals surface area contributed by atoms with Crippen LogP contribution in [0.4, 0.5) is 0 Å². The van der Waals surface area contributed by atoms with Crippen LogP contribution in [0.3, 0.4) is 0 Å². The van der Waals surface area contributed by atoms with Gasteiger partial charge in [-0.2, -0.15) is 0 Å². The van der Waals surface area contributed by atoms with Crippen molar-refractivity contribution in [1.29, 1.82) is 0 Å². The lowest BCUT2D eigenvalue weighted by Crippen LogP contribution is -2.40. The normalized spacial score (nSPS) is 47.5. The van der Waals surface area contributed by atoms with Crippen LogP contribution >= 0.6 is 0 Å². The highest BCUT2D eigenvalue weighted by molar-refractivity contribution is 5.01. The van der Waals surface area contributed by atoms with E-state index in [2.05, 4.69) is 0 Å². The first-order chi connectivity index (χ1) is 8.81. The average Bonchev–Trinajstić information content (AvgIpc) is 2.89. The molecule has 0 aromatic heterocycles. The maximum absolute atomic E-state index is 9.41. The summed E-state index contributed by atoms with van der Waals surface area (Å²) < 4.78 is 29.0. The zero-order valence-electron chi connectivity index (χ0n) is 11.8. The predicted octanol–water partition coefficient (Wildman–Crippen LogP) is 0.418. The molecule has 3 fully saturated rings. The molecule has 0 aromatic rings. The van der Waals surface area contributed by atoms with Gasteiger partial charge in [-0.05, 0) is 27.7 Å². The third-order valence-corrected chi connectivity index (χ3v) is 3.76. The van der Waals surface area contributed by atoms with Crippen LogP contribution in [-0.2, 0) is 23.7 Å². The van der Waals surface area contributed by atoms with E-state index in [-0.39, 0.29) is 37.1 Å². The minimum absolute atomic E-state index is 0.0892. The van der Waals surface area contributed by atoms with Gasteiger partial charge in [-0.1, -0.05) is 0 Å². The Kier molecular flexibility index (Phi) is 3.16. The van der Waals surface area contributed by atoms with Gasteiger partial charge in [0.2, 0.25) is 0 Å². The van der Waals surface area contributed by atoms with E-state index in [4.69, 9.17) is 23.7 Å². The Bertz CT molecular complexity index is 355. The van der Waals surface area contributed by atoms with E-state index in [0.29, 0.717) is 6.61 Å². The first kappa shape index (κ1) is 13.7. The second kappa shape index (κ2) is 4.38. The molecular weight excluding hydrogens is 252 g/mol. The molecule has 5 unspecified atom stereocenters. The molecule has 5 atom stereocenters. The van der Waals surface area contributed by atoms with Crippen LogP contribution in [0.15, 0.2) is 0 Å². The zero-order chi connectivity index (χ0) is 13.8. The minimum atomic E-state index is -0.653. The zero-order valence-corrected chi connectivity index (χ0v) is 11.8. The smallest absolute Gasteiger partial charge is 0.164 e. The summed E-state index contributed by atoms with van der Waals surface area (Å²) in [4.78, 5) is 0. The van der Waals surface area contributed by atoms with E-state index in [1.807, 2.05) is 27.7 Å². The van der Waals surface area contributed by atoms with Gasteiger partial charge in [0.05, 0.1) is 13.2 Å². The lowest BCUT2D eigenvalue weighted by molar-refractivity contribution is -0.209. The molecule has 3 heterocycles. The summed E-state index contributed by atoms with van der Waals surface area (Å²) in [6, 6.07) is 0.